The lowest BCUT2D eigenvalue weighted by molar-refractivity contribution is 0.210. The molecule has 0 fully saturated rings. The van der Waals surface area contributed by atoms with Crippen LogP contribution in [0.1, 0.15) is 23.1 Å². The molecule has 0 radical (unpaired) electrons. The minimum absolute atomic E-state index is 0.0211. The van der Waals surface area contributed by atoms with Crippen molar-refractivity contribution in [2.75, 3.05) is 0 Å². The number of nitrogens with two attached hydrogens (primary N) is 1. The minimum atomic E-state index is -0.209. The second-order valence-electron chi connectivity index (χ2n) is 5.88. The maximum Gasteiger partial charge on any atom is 0.123 e. The maximum absolute atomic E-state index is 13.2. The van der Waals surface area contributed by atoms with E-state index >= 15 is 0 Å². The second kappa shape index (κ2) is 5.86. The predicted molar refractivity (Wildman–Crippen MR) is 82.0 cm³/mol. The number of aryl methyl sites for hydroxylation is 1. The van der Waals surface area contributed by atoms with E-state index in [9.17, 15) is 4.39 Å². The van der Waals surface area contributed by atoms with Crippen LogP contribution >= 0.6 is 0 Å². The summed E-state index contributed by atoms with van der Waals surface area (Å²) in [6, 6.07) is 12.9. The smallest absolute Gasteiger partial charge is 0.123 e. The topological polar surface area (TPSA) is 35.2 Å². The van der Waals surface area contributed by atoms with Crippen LogP contribution in [-0.2, 0) is 12.8 Å². The molecule has 2 nitrogen and oxygen atoms in total. The van der Waals surface area contributed by atoms with Crippen LogP contribution in [-0.4, -0.2) is 12.1 Å². The highest BCUT2D eigenvalue weighted by atomic mass is 19.1. The summed E-state index contributed by atoms with van der Waals surface area (Å²) in [5.41, 5.74) is 9.65. The molecule has 2 atom stereocenters. The average Bonchev–Trinajstić information content (AvgIpc) is 2.79. The van der Waals surface area contributed by atoms with Gasteiger partial charge in [0.25, 0.3) is 0 Å². The lowest BCUT2D eigenvalue weighted by Gasteiger charge is -2.16. The van der Waals surface area contributed by atoms with Gasteiger partial charge in [0.2, 0.25) is 0 Å². The van der Waals surface area contributed by atoms with E-state index in [1.165, 1.54) is 17.2 Å². The van der Waals surface area contributed by atoms with E-state index in [2.05, 4.69) is 19.1 Å². The molecule has 1 aliphatic rings. The highest BCUT2D eigenvalue weighted by Gasteiger charge is 2.24. The van der Waals surface area contributed by atoms with Crippen LogP contribution < -0.4 is 10.5 Å². The van der Waals surface area contributed by atoms with Gasteiger partial charge in [-0.1, -0.05) is 29.8 Å². The molecule has 1 aliphatic heterocycles. The van der Waals surface area contributed by atoms with Crippen LogP contribution in [0.3, 0.4) is 0 Å². The van der Waals surface area contributed by atoms with Crippen molar-refractivity contribution in [3.8, 4) is 5.75 Å². The highest BCUT2D eigenvalue weighted by Crippen LogP contribution is 2.31. The van der Waals surface area contributed by atoms with E-state index in [4.69, 9.17) is 10.5 Å². The van der Waals surface area contributed by atoms with Crippen molar-refractivity contribution in [3.63, 3.8) is 0 Å². The molecule has 21 heavy (non-hydrogen) atoms. The van der Waals surface area contributed by atoms with Gasteiger partial charge in [-0.3, -0.25) is 0 Å². The molecule has 0 aromatic heterocycles. The highest BCUT2D eigenvalue weighted by molar-refractivity contribution is 5.40. The fourth-order valence-electron chi connectivity index (χ4n) is 2.97. The molecule has 0 amide bonds. The molecule has 0 bridgehead atoms. The van der Waals surface area contributed by atoms with Crippen LogP contribution in [0, 0.1) is 12.7 Å². The third-order valence-electron chi connectivity index (χ3n) is 3.91. The molecule has 0 saturated heterocycles. The molecule has 2 aromatic carbocycles. The summed E-state index contributed by atoms with van der Waals surface area (Å²) in [5, 5.41) is 0. The molecule has 1 heterocycles. The Morgan fingerprint density at radius 3 is 2.95 bits per heavy atom. The number of hydrogen-bond donors (Lipinski definition) is 1. The summed E-state index contributed by atoms with van der Waals surface area (Å²) in [5.74, 6) is 0.767. The largest absolute Gasteiger partial charge is 0.490 e. The molecular weight excluding hydrogens is 265 g/mol. The zero-order valence-corrected chi connectivity index (χ0v) is 12.2. The number of ether oxygens (including phenoxy) is 1. The Labute approximate surface area is 124 Å². The molecule has 2 aromatic rings. The molecule has 0 spiro atoms. The third kappa shape index (κ3) is 3.42. The van der Waals surface area contributed by atoms with Crippen molar-refractivity contribution in [3.05, 3.63) is 65.0 Å². The lowest BCUT2D eigenvalue weighted by atomic mass is 9.98. The first-order chi connectivity index (χ1) is 10.1. The van der Waals surface area contributed by atoms with Gasteiger partial charge in [-0.2, -0.15) is 0 Å². The number of hydrogen-bond acceptors (Lipinski definition) is 2. The van der Waals surface area contributed by atoms with E-state index in [1.54, 1.807) is 12.1 Å². The second-order valence-corrected chi connectivity index (χ2v) is 5.88. The van der Waals surface area contributed by atoms with Crippen molar-refractivity contribution < 1.29 is 9.13 Å². The van der Waals surface area contributed by atoms with Gasteiger partial charge in [-0.15, -0.1) is 0 Å². The normalized spacial score (nSPS) is 18.1. The van der Waals surface area contributed by atoms with E-state index in [-0.39, 0.29) is 18.0 Å². The maximum atomic E-state index is 13.2. The van der Waals surface area contributed by atoms with Gasteiger partial charge in [-0.05, 0) is 42.7 Å². The third-order valence-corrected chi connectivity index (χ3v) is 3.91. The first kappa shape index (κ1) is 14.1. The molecular formula is C18H20FNO. The predicted octanol–water partition coefficient (Wildman–Crippen LogP) is 3.40. The van der Waals surface area contributed by atoms with Gasteiger partial charge < -0.3 is 10.5 Å². The summed E-state index contributed by atoms with van der Waals surface area (Å²) in [7, 11) is 0. The van der Waals surface area contributed by atoms with Crippen molar-refractivity contribution in [2.24, 2.45) is 5.73 Å². The van der Waals surface area contributed by atoms with E-state index < -0.39 is 0 Å². The summed E-state index contributed by atoms with van der Waals surface area (Å²) in [6.07, 6.45) is 2.50. The quantitative estimate of drug-likeness (QED) is 0.934. The monoisotopic (exact) mass is 285 g/mol. The summed E-state index contributed by atoms with van der Waals surface area (Å²) in [6.45, 7) is 2.09. The van der Waals surface area contributed by atoms with Crippen molar-refractivity contribution in [2.45, 2.75) is 38.3 Å². The van der Waals surface area contributed by atoms with Crippen molar-refractivity contribution in [1.29, 1.82) is 0 Å². The first-order valence-corrected chi connectivity index (χ1v) is 7.36. The summed E-state index contributed by atoms with van der Waals surface area (Å²) >= 11 is 0. The Hall–Kier alpha value is -1.87. The Kier molecular flexibility index (Phi) is 3.93. The van der Waals surface area contributed by atoms with Gasteiger partial charge in [0, 0.05) is 18.9 Å². The molecule has 2 N–H and O–H groups in total. The van der Waals surface area contributed by atoms with Crippen molar-refractivity contribution >= 4 is 0 Å². The molecule has 0 aliphatic carbocycles. The van der Waals surface area contributed by atoms with E-state index in [0.717, 1.165) is 24.2 Å². The number of fused-ring (bicyclic) bond motifs is 1. The summed E-state index contributed by atoms with van der Waals surface area (Å²) in [4.78, 5) is 0. The van der Waals surface area contributed by atoms with E-state index in [1.807, 2.05) is 12.1 Å². The Bertz CT molecular complexity index is 641. The summed E-state index contributed by atoms with van der Waals surface area (Å²) < 4.78 is 19.1. The lowest BCUT2D eigenvalue weighted by Crippen LogP contribution is -2.30. The zero-order valence-electron chi connectivity index (χ0n) is 12.2. The van der Waals surface area contributed by atoms with Crippen LogP contribution in [0.25, 0.3) is 0 Å². The minimum Gasteiger partial charge on any atom is -0.490 e. The van der Waals surface area contributed by atoms with E-state index in [0.29, 0.717) is 6.42 Å². The fourth-order valence-corrected chi connectivity index (χ4v) is 2.97. The fraction of sp³-hybridized carbons (Fsp3) is 0.333. The Balaban J connectivity index is 1.58. The average molecular weight is 285 g/mol. The number of benzene rings is 2. The Morgan fingerprint density at radius 1 is 1.29 bits per heavy atom. The van der Waals surface area contributed by atoms with Crippen LogP contribution in [0.5, 0.6) is 5.75 Å². The number of rotatable bonds is 4. The molecule has 110 valence electrons. The van der Waals surface area contributed by atoms with Gasteiger partial charge in [0.1, 0.15) is 17.7 Å². The van der Waals surface area contributed by atoms with Crippen LogP contribution in [0.2, 0.25) is 0 Å². The van der Waals surface area contributed by atoms with Crippen molar-refractivity contribution in [1.82, 2.24) is 0 Å². The van der Waals surface area contributed by atoms with Gasteiger partial charge in [-0.25, -0.2) is 4.39 Å². The molecule has 3 rings (SSSR count). The standard InChI is InChI=1S/C18H20FNO/c1-12-5-6-18-14(7-12)10-17(21-18)11-16(20)9-13-3-2-4-15(19)8-13/h2-8,16-17H,9-11,20H2,1H3. The van der Waals surface area contributed by atoms with Gasteiger partial charge in [0.05, 0.1) is 0 Å². The molecule has 3 heteroatoms. The molecule has 2 unspecified atom stereocenters. The first-order valence-electron chi connectivity index (χ1n) is 7.36. The molecule has 0 saturated carbocycles. The van der Waals surface area contributed by atoms with Gasteiger partial charge >= 0.3 is 0 Å². The SMILES string of the molecule is Cc1ccc2c(c1)CC(CC(N)Cc1cccc(F)c1)O2. The number of halogens is 1. The van der Waals surface area contributed by atoms with Crippen LogP contribution in [0.15, 0.2) is 42.5 Å². The van der Waals surface area contributed by atoms with Gasteiger partial charge in [0.15, 0.2) is 0 Å². The Morgan fingerprint density at radius 2 is 2.14 bits per heavy atom. The zero-order chi connectivity index (χ0) is 14.8. The van der Waals surface area contributed by atoms with Crippen LogP contribution in [0.4, 0.5) is 4.39 Å².